The molecule has 5 N–H and O–H groups in total. The summed E-state index contributed by atoms with van der Waals surface area (Å²) in [7, 11) is 0. The van der Waals surface area contributed by atoms with Gasteiger partial charge in [-0.15, -0.1) is 11.8 Å². The van der Waals surface area contributed by atoms with Gasteiger partial charge in [0.15, 0.2) is 0 Å². The van der Waals surface area contributed by atoms with Gasteiger partial charge in [-0.2, -0.15) is 0 Å². The number of hydrogen-bond donors (Lipinski definition) is 3. The number of thioether (sulfide) groups is 1. The summed E-state index contributed by atoms with van der Waals surface area (Å²) < 4.78 is 0. The average Bonchev–Trinajstić information content (AvgIpc) is 1.88. The molecule has 60 valence electrons. The van der Waals surface area contributed by atoms with E-state index in [2.05, 4.69) is 0 Å². The third-order valence-corrected chi connectivity index (χ3v) is 1.77. The topological polar surface area (TPSA) is 89.3 Å². The maximum atomic E-state index is 10.1. The van der Waals surface area contributed by atoms with Gasteiger partial charge in [0, 0.05) is 5.88 Å². The summed E-state index contributed by atoms with van der Waals surface area (Å²) in [6.07, 6.45) is 0.483. The summed E-state index contributed by atoms with van der Waals surface area (Å²) in [6.45, 7) is 0. The lowest BCUT2D eigenvalue weighted by Crippen LogP contribution is -2.30. The summed E-state index contributed by atoms with van der Waals surface area (Å²) in [5, 5.41) is 8.32. The Bertz CT molecular complexity index is 110. The van der Waals surface area contributed by atoms with Gasteiger partial charge >= 0.3 is 5.97 Å². The molecule has 0 radical (unpaired) electrons. The molecule has 0 aromatic carbocycles. The Morgan fingerprint density at radius 3 is 2.70 bits per heavy atom. The van der Waals surface area contributed by atoms with Crippen LogP contribution in [0.4, 0.5) is 0 Å². The Labute approximate surface area is 64.0 Å². The average molecular weight is 164 g/mol. The Morgan fingerprint density at radius 1 is 1.70 bits per heavy atom. The Morgan fingerprint density at radius 2 is 2.30 bits per heavy atom. The van der Waals surface area contributed by atoms with Crippen LogP contribution >= 0.6 is 11.8 Å². The number of hydrogen-bond acceptors (Lipinski definition) is 4. The van der Waals surface area contributed by atoms with Gasteiger partial charge in [-0.05, 0) is 12.2 Å². The van der Waals surface area contributed by atoms with E-state index in [1.807, 2.05) is 0 Å². The molecular formula is C5H12N2O2S. The quantitative estimate of drug-likeness (QED) is 0.374. The highest BCUT2D eigenvalue weighted by molar-refractivity contribution is 7.99. The van der Waals surface area contributed by atoms with E-state index in [0.717, 1.165) is 0 Å². The van der Waals surface area contributed by atoms with Gasteiger partial charge < -0.3 is 16.6 Å². The van der Waals surface area contributed by atoms with Crippen molar-refractivity contribution < 1.29 is 9.90 Å². The number of carbonyl (C=O) groups is 1. The summed E-state index contributed by atoms with van der Waals surface area (Å²) in [5.74, 6) is 0.286. The van der Waals surface area contributed by atoms with Crippen LogP contribution in [0.5, 0.6) is 0 Å². The van der Waals surface area contributed by atoms with Crippen LogP contribution in [0, 0.1) is 0 Å². The molecule has 4 nitrogen and oxygen atoms in total. The maximum Gasteiger partial charge on any atom is 0.320 e. The number of rotatable bonds is 5. The smallest absolute Gasteiger partial charge is 0.320 e. The van der Waals surface area contributed by atoms with Crippen LogP contribution in [0.25, 0.3) is 0 Å². The lowest BCUT2D eigenvalue weighted by atomic mass is 10.2. The number of carboxylic acids is 1. The van der Waals surface area contributed by atoms with E-state index in [1.54, 1.807) is 0 Å². The molecular weight excluding hydrogens is 152 g/mol. The van der Waals surface area contributed by atoms with Crippen molar-refractivity contribution in [3.8, 4) is 0 Å². The molecule has 0 bridgehead atoms. The molecule has 0 aliphatic carbocycles. The standard InChI is InChI=1S/C5H12N2O2S/c6-3-10-2-1-4(7)5(8)9/h4H,1-3,6-7H2,(H,8,9)/t4-/m0/s1. The zero-order valence-electron chi connectivity index (χ0n) is 5.62. The maximum absolute atomic E-state index is 10.1. The molecule has 0 saturated carbocycles. The third kappa shape index (κ3) is 4.60. The lowest BCUT2D eigenvalue weighted by molar-refractivity contribution is -0.138. The molecule has 0 saturated heterocycles. The van der Waals surface area contributed by atoms with Crippen LogP contribution in [-0.4, -0.2) is 28.7 Å². The first-order valence-corrected chi connectivity index (χ1v) is 4.10. The molecule has 0 rings (SSSR count). The van der Waals surface area contributed by atoms with Crippen LogP contribution in [0.2, 0.25) is 0 Å². The van der Waals surface area contributed by atoms with Gasteiger partial charge in [0.05, 0.1) is 0 Å². The van der Waals surface area contributed by atoms with E-state index in [9.17, 15) is 4.79 Å². The number of nitrogens with two attached hydrogens (primary N) is 2. The minimum Gasteiger partial charge on any atom is -0.480 e. The van der Waals surface area contributed by atoms with E-state index in [1.165, 1.54) is 11.8 Å². The summed E-state index contributed by atoms with van der Waals surface area (Å²) in [4.78, 5) is 10.1. The predicted molar refractivity (Wildman–Crippen MR) is 41.7 cm³/mol. The fraction of sp³-hybridized carbons (Fsp3) is 0.800. The van der Waals surface area contributed by atoms with Crippen molar-refractivity contribution in [3.63, 3.8) is 0 Å². The summed E-state index contributed by atoms with van der Waals surface area (Å²) >= 11 is 1.49. The molecule has 0 aromatic rings. The van der Waals surface area contributed by atoms with Gasteiger partial charge in [0.2, 0.25) is 0 Å². The summed E-state index contributed by atoms with van der Waals surface area (Å²) in [6, 6.07) is -0.737. The lowest BCUT2D eigenvalue weighted by Gasteiger charge is -2.03. The van der Waals surface area contributed by atoms with E-state index >= 15 is 0 Å². The zero-order chi connectivity index (χ0) is 7.98. The molecule has 0 aliphatic rings. The van der Waals surface area contributed by atoms with Crippen molar-refractivity contribution in [3.05, 3.63) is 0 Å². The van der Waals surface area contributed by atoms with Crippen LogP contribution in [0.15, 0.2) is 0 Å². The first-order chi connectivity index (χ1) is 4.68. The van der Waals surface area contributed by atoms with Crippen molar-refractivity contribution in [1.82, 2.24) is 0 Å². The molecule has 1 atom stereocenters. The van der Waals surface area contributed by atoms with Gasteiger partial charge in [0.25, 0.3) is 0 Å². The molecule has 0 unspecified atom stereocenters. The van der Waals surface area contributed by atoms with Crippen molar-refractivity contribution >= 4 is 17.7 Å². The van der Waals surface area contributed by atoms with E-state index in [0.29, 0.717) is 18.1 Å². The van der Waals surface area contributed by atoms with E-state index in [-0.39, 0.29) is 0 Å². The van der Waals surface area contributed by atoms with Gasteiger partial charge in [-0.1, -0.05) is 0 Å². The molecule has 0 amide bonds. The van der Waals surface area contributed by atoms with Crippen molar-refractivity contribution in [2.24, 2.45) is 11.5 Å². The third-order valence-electron chi connectivity index (χ3n) is 1.01. The highest BCUT2D eigenvalue weighted by Gasteiger charge is 2.09. The highest BCUT2D eigenvalue weighted by atomic mass is 32.2. The van der Waals surface area contributed by atoms with Crippen LogP contribution < -0.4 is 11.5 Å². The normalized spacial score (nSPS) is 13.0. The number of aliphatic carboxylic acids is 1. The Balaban J connectivity index is 3.21. The van der Waals surface area contributed by atoms with E-state index in [4.69, 9.17) is 16.6 Å². The molecule has 0 aromatic heterocycles. The fourth-order valence-electron chi connectivity index (χ4n) is 0.417. The fourth-order valence-corrected chi connectivity index (χ4v) is 1.00. The zero-order valence-corrected chi connectivity index (χ0v) is 6.43. The Hall–Kier alpha value is -0.260. The predicted octanol–water partition coefficient (Wildman–Crippen LogP) is -0.562. The monoisotopic (exact) mass is 164 g/mol. The molecule has 0 fully saturated rings. The van der Waals surface area contributed by atoms with Crippen LogP contribution in [-0.2, 0) is 4.79 Å². The molecule has 10 heavy (non-hydrogen) atoms. The van der Waals surface area contributed by atoms with Crippen molar-refractivity contribution in [2.75, 3.05) is 11.6 Å². The van der Waals surface area contributed by atoms with Crippen LogP contribution in [0.1, 0.15) is 6.42 Å². The van der Waals surface area contributed by atoms with Crippen LogP contribution in [0.3, 0.4) is 0 Å². The summed E-state index contributed by atoms with van der Waals surface area (Å²) in [5.41, 5.74) is 10.4. The second kappa shape index (κ2) is 5.52. The molecule has 0 aliphatic heterocycles. The van der Waals surface area contributed by atoms with Gasteiger partial charge in [0.1, 0.15) is 6.04 Å². The number of carboxylic acid groups (broad SMARTS) is 1. The van der Waals surface area contributed by atoms with E-state index < -0.39 is 12.0 Å². The second-order valence-electron chi connectivity index (χ2n) is 1.81. The minimum absolute atomic E-state index is 0.483. The van der Waals surface area contributed by atoms with Crippen molar-refractivity contribution in [1.29, 1.82) is 0 Å². The molecule has 0 spiro atoms. The molecule has 0 heterocycles. The minimum atomic E-state index is -0.947. The second-order valence-corrected chi connectivity index (χ2v) is 2.96. The first-order valence-electron chi connectivity index (χ1n) is 2.94. The SMILES string of the molecule is NCSCC[C@H](N)C(=O)O. The highest BCUT2D eigenvalue weighted by Crippen LogP contribution is 2.00. The van der Waals surface area contributed by atoms with Crippen molar-refractivity contribution in [2.45, 2.75) is 12.5 Å². The van der Waals surface area contributed by atoms with Gasteiger partial charge in [-0.3, -0.25) is 4.79 Å². The molecule has 5 heteroatoms. The van der Waals surface area contributed by atoms with Gasteiger partial charge in [-0.25, -0.2) is 0 Å². The Kier molecular flexibility index (Phi) is 5.38. The first kappa shape index (κ1) is 9.74. The largest absolute Gasteiger partial charge is 0.480 e.